The molecule has 0 saturated heterocycles. The number of hydrogen-bond acceptors (Lipinski definition) is 4. The Morgan fingerprint density at radius 2 is 1.93 bits per heavy atom. The summed E-state index contributed by atoms with van der Waals surface area (Å²) in [4.78, 5) is 1.34. The summed E-state index contributed by atoms with van der Waals surface area (Å²) in [7, 11) is 0. The van der Waals surface area contributed by atoms with Gasteiger partial charge in [0.25, 0.3) is 0 Å². The minimum Gasteiger partial charge on any atom is -0.444 e. The molecule has 1 atom stereocenters. The molecule has 0 aromatic rings. The van der Waals surface area contributed by atoms with E-state index in [9.17, 15) is 0 Å². The van der Waals surface area contributed by atoms with Crippen molar-refractivity contribution in [1.29, 1.82) is 0 Å². The van der Waals surface area contributed by atoms with E-state index < -0.39 is 0 Å². The number of ether oxygens (including phenoxy) is 1. The van der Waals surface area contributed by atoms with E-state index in [-0.39, 0.29) is 5.37 Å². The Hall–Kier alpha value is -1.03. The van der Waals surface area contributed by atoms with Crippen molar-refractivity contribution in [2.45, 2.75) is 33.1 Å². The third-order valence-electron chi connectivity index (χ3n) is 2.60. The van der Waals surface area contributed by atoms with Gasteiger partial charge < -0.3 is 15.4 Å². The maximum Gasteiger partial charge on any atom is 0.196 e. The number of allylic oxidation sites excluding steroid dienone is 4. The summed E-state index contributed by atoms with van der Waals surface area (Å²) in [5.74, 6) is 1.78. The van der Waals surface area contributed by atoms with Crippen molar-refractivity contribution >= 4 is 11.8 Å². The molecule has 0 fully saturated rings. The van der Waals surface area contributed by atoms with Crippen LogP contribution in [0.5, 0.6) is 0 Å². The molecule has 0 aliphatic carbocycles. The molecule has 0 radical (unpaired) electrons. The first-order valence-corrected chi connectivity index (χ1v) is 5.89. The van der Waals surface area contributed by atoms with Gasteiger partial charge in [-0.15, -0.1) is 0 Å². The van der Waals surface area contributed by atoms with Crippen LogP contribution in [0.1, 0.15) is 27.7 Å². The molecule has 0 aromatic carbocycles. The van der Waals surface area contributed by atoms with Crippen LogP contribution in [-0.4, -0.2) is 5.37 Å². The number of thioether (sulfide) groups is 1. The van der Waals surface area contributed by atoms with E-state index in [4.69, 9.17) is 4.74 Å². The molecule has 0 saturated carbocycles. The summed E-state index contributed by atoms with van der Waals surface area (Å²) in [5.41, 5.74) is 2.34. The minimum atomic E-state index is 0.284. The lowest BCUT2D eigenvalue weighted by molar-refractivity contribution is 0.315. The Morgan fingerprint density at radius 1 is 1.20 bits per heavy atom. The highest BCUT2D eigenvalue weighted by molar-refractivity contribution is 8.04. The molecular formula is C11H16N2OS. The van der Waals surface area contributed by atoms with E-state index in [1.807, 2.05) is 25.6 Å². The van der Waals surface area contributed by atoms with E-state index >= 15 is 0 Å². The SMILES string of the molecule is CC1=C(C)O/C(=C/C2NC(C)=C(C)S2)N1. The second-order valence-corrected chi connectivity index (χ2v) is 5.16. The van der Waals surface area contributed by atoms with E-state index in [0.717, 1.165) is 17.3 Å². The van der Waals surface area contributed by atoms with Gasteiger partial charge in [-0.25, -0.2) is 0 Å². The van der Waals surface area contributed by atoms with Gasteiger partial charge in [-0.2, -0.15) is 0 Å². The summed E-state index contributed by atoms with van der Waals surface area (Å²) in [6.45, 7) is 8.20. The molecule has 0 aromatic heterocycles. The molecule has 1 unspecified atom stereocenters. The van der Waals surface area contributed by atoms with Crippen molar-refractivity contribution in [1.82, 2.24) is 10.6 Å². The van der Waals surface area contributed by atoms with Crippen LogP contribution in [0.15, 0.2) is 34.0 Å². The number of rotatable bonds is 1. The van der Waals surface area contributed by atoms with E-state index in [1.54, 1.807) is 0 Å². The summed E-state index contributed by atoms with van der Waals surface area (Å²) >= 11 is 1.82. The first kappa shape index (κ1) is 10.5. The molecule has 3 nitrogen and oxygen atoms in total. The maximum atomic E-state index is 5.56. The fourth-order valence-electron chi connectivity index (χ4n) is 1.45. The molecule has 82 valence electrons. The molecule has 0 spiro atoms. The van der Waals surface area contributed by atoms with Crippen molar-refractivity contribution in [2.75, 3.05) is 0 Å². The number of nitrogens with one attached hydrogen (secondary N) is 2. The minimum absolute atomic E-state index is 0.284. The van der Waals surface area contributed by atoms with Crippen molar-refractivity contribution in [3.63, 3.8) is 0 Å². The van der Waals surface area contributed by atoms with E-state index in [1.165, 1.54) is 10.6 Å². The van der Waals surface area contributed by atoms with Gasteiger partial charge in [0.1, 0.15) is 11.1 Å². The Kier molecular flexibility index (Phi) is 2.69. The fourth-order valence-corrected chi connectivity index (χ4v) is 2.50. The average Bonchev–Trinajstić information content (AvgIpc) is 2.59. The molecule has 0 amide bonds. The lowest BCUT2D eigenvalue weighted by Crippen LogP contribution is -2.19. The van der Waals surface area contributed by atoms with Crippen molar-refractivity contribution < 1.29 is 4.74 Å². The molecular weight excluding hydrogens is 208 g/mol. The van der Waals surface area contributed by atoms with Crippen LogP contribution in [0.25, 0.3) is 0 Å². The highest BCUT2D eigenvalue weighted by Crippen LogP contribution is 2.31. The monoisotopic (exact) mass is 224 g/mol. The van der Waals surface area contributed by atoms with Gasteiger partial charge in [-0.05, 0) is 27.7 Å². The fraction of sp³-hybridized carbons (Fsp3) is 0.455. The molecule has 2 heterocycles. The molecule has 0 bridgehead atoms. The maximum absolute atomic E-state index is 5.56. The molecule has 2 rings (SSSR count). The van der Waals surface area contributed by atoms with Crippen LogP contribution in [-0.2, 0) is 4.74 Å². The van der Waals surface area contributed by atoms with Crippen LogP contribution in [0, 0.1) is 0 Å². The quantitative estimate of drug-likeness (QED) is 0.717. The van der Waals surface area contributed by atoms with Gasteiger partial charge in [0, 0.05) is 16.7 Å². The van der Waals surface area contributed by atoms with Crippen LogP contribution < -0.4 is 10.6 Å². The molecule has 2 aliphatic rings. The largest absolute Gasteiger partial charge is 0.444 e. The Labute approximate surface area is 94.6 Å². The first-order chi connectivity index (χ1) is 7.06. The predicted octanol–water partition coefficient (Wildman–Crippen LogP) is 2.61. The molecule has 2 aliphatic heterocycles. The lowest BCUT2D eigenvalue weighted by Gasteiger charge is -2.08. The summed E-state index contributed by atoms with van der Waals surface area (Å²) < 4.78 is 5.56. The van der Waals surface area contributed by atoms with Crippen LogP contribution in [0.2, 0.25) is 0 Å². The topological polar surface area (TPSA) is 33.3 Å². The second kappa shape index (κ2) is 3.85. The third kappa shape index (κ3) is 2.15. The lowest BCUT2D eigenvalue weighted by atomic mass is 10.4. The van der Waals surface area contributed by atoms with Crippen LogP contribution in [0.3, 0.4) is 0 Å². The normalized spacial score (nSPS) is 28.3. The predicted molar refractivity (Wildman–Crippen MR) is 63.6 cm³/mol. The van der Waals surface area contributed by atoms with Crippen molar-refractivity contribution in [3.8, 4) is 0 Å². The van der Waals surface area contributed by atoms with Crippen molar-refractivity contribution in [2.24, 2.45) is 0 Å². The highest BCUT2D eigenvalue weighted by Gasteiger charge is 2.20. The first-order valence-electron chi connectivity index (χ1n) is 5.01. The Balaban J connectivity index is 1.98. The summed E-state index contributed by atoms with van der Waals surface area (Å²) in [6.07, 6.45) is 2.07. The zero-order chi connectivity index (χ0) is 11.0. The third-order valence-corrected chi connectivity index (χ3v) is 3.76. The van der Waals surface area contributed by atoms with Gasteiger partial charge in [-0.1, -0.05) is 11.8 Å². The molecule has 2 N–H and O–H groups in total. The van der Waals surface area contributed by atoms with Gasteiger partial charge in [0.05, 0.1) is 5.70 Å². The highest BCUT2D eigenvalue weighted by atomic mass is 32.2. The zero-order valence-corrected chi connectivity index (χ0v) is 10.3. The van der Waals surface area contributed by atoms with Gasteiger partial charge in [0.15, 0.2) is 5.88 Å². The number of hydrogen-bond donors (Lipinski definition) is 2. The van der Waals surface area contributed by atoms with Crippen molar-refractivity contribution in [3.05, 3.63) is 34.0 Å². The van der Waals surface area contributed by atoms with Gasteiger partial charge in [0.2, 0.25) is 0 Å². The van der Waals surface area contributed by atoms with E-state index in [2.05, 4.69) is 30.6 Å². The van der Waals surface area contributed by atoms with E-state index in [0.29, 0.717) is 0 Å². The Bertz CT molecular complexity index is 352. The average molecular weight is 224 g/mol. The van der Waals surface area contributed by atoms with Gasteiger partial charge in [-0.3, -0.25) is 0 Å². The van der Waals surface area contributed by atoms with Crippen LogP contribution >= 0.6 is 11.8 Å². The second-order valence-electron chi connectivity index (χ2n) is 3.80. The summed E-state index contributed by atoms with van der Waals surface area (Å²) in [5, 5.41) is 6.88. The smallest absolute Gasteiger partial charge is 0.196 e. The zero-order valence-electron chi connectivity index (χ0n) is 9.47. The standard InChI is InChI=1S/C11H16N2OS/c1-6-8(3)14-10(12-6)5-11-13-7(2)9(4)15-11/h5,11-13H,1-4H3/b10-5+. The summed E-state index contributed by atoms with van der Waals surface area (Å²) in [6, 6.07) is 0. The molecule has 15 heavy (non-hydrogen) atoms. The van der Waals surface area contributed by atoms with Crippen LogP contribution in [0.4, 0.5) is 0 Å². The molecule has 4 heteroatoms. The van der Waals surface area contributed by atoms with Gasteiger partial charge >= 0.3 is 0 Å². The Morgan fingerprint density at radius 3 is 2.40 bits per heavy atom.